The molecule has 0 saturated carbocycles. The van der Waals surface area contributed by atoms with Crippen molar-refractivity contribution in [3.05, 3.63) is 49.3 Å². The largest absolute Gasteiger partial charge is 0.507 e. The fourth-order valence-electron chi connectivity index (χ4n) is 3.11. The van der Waals surface area contributed by atoms with Gasteiger partial charge in [-0.2, -0.15) is 0 Å². The number of nitrogens with one attached hydrogen (secondary N) is 1. The van der Waals surface area contributed by atoms with Gasteiger partial charge in [0.05, 0.1) is 30.1 Å². The van der Waals surface area contributed by atoms with E-state index in [1.807, 2.05) is 29.9 Å². The zero-order valence-electron chi connectivity index (χ0n) is 14.0. The fourth-order valence-corrected chi connectivity index (χ4v) is 3.11. The number of aromatic nitrogens is 4. The topological polar surface area (TPSA) is 79.1 Å². The Labute approximate surface area is 146 Å². The molecular formula is C18H20N6O. The van der Waals surface area contributed by atoms with Crippen molar-refractivity contribution in [2.45, 2.75) is 12.5 Å². The zero-order valence-corrected chi connectivity index (χ0v) is 14.0. The van der Waals surface area contributed by atoms with Crippen LogP contribution in [0.25, 0.3) is 16.9 Å². The summed E-state index contributed by atoms with van der Waals surface area (Å²) in [5.74, 6) is 1.01. The first-order valence-corrected chi connectivity index (χ1v) is 8.29. The first-order chi connectivity index (χ1) is 12.2. The van der Waals surface area contributed by atoms with E-state index in [1.165, 1.54) is 0 Å². The van der Waals surface area contributed by atoms with Crippen molar-refractivity contribution in [2.75, 3.05) is 25.0 Å². The first-order valence-electron chi connectivity index (χ1n) is 8.29. The lowest BCUT2D eigenvalue weighted by Gasteiger charge is -2.24. The molecule has 0 spiro atoms. The summed E-state index contributed by atoms with van der Waals surface area (Å²) in [5.41, 5.74) is 2.15. The van der Waals surface area contributed by atoms with Crippen LogP contribution in [0.5, 0.6) is 5.75 Å². The number of anilines is 1. The Morgan fingerprint density at radius 3 is 2.84 bits per heavy atom. The third kappa shape index (κ3) is 3.06. The van der Waals surface area contributed by atoms with Gasteiger partial charge in [0.2, 0.25) is 0 Å². The lowest BCUT2D eigenvalue weighted by atomic mass is 10.1. The molecule has 0 amide bonds. The molecule has 1 saturated heterocycles. The number of likely N-dealkylation sites (N-methyl/N-ethyl adjacent to an activating group) is 1. The van der Waals surface area contributed by atoms with Crippen LogP contribution in [0.15, 0.2) is 49.3 Å². The Morgan fingerprint density at radius 2 is 2.20 bits per heavy atom. The number of phenols is 1. The van der Waals surface area contributed by atoms with Crippen molar-refractivity contribution in [3.8, 4) is 22.7 Å². The Morgan fingerprint density at radius 1 is 1.28 bits per heavy atom. The number of hydrogen-bond acceptors (Lipinski definition) is 6. The van der Waals surface area contributed by atoms with Gasteiger partial charge in [0.1, 0.15) is 11.6 Å². The second-order valence-corrected chi connectivity index (χ2v) is 6.19. The van der Waals surface area contributed by atoms with Gasteiger partial charge < -0.3 is 19.9 Å². The molecule has 0 unspecified atom stereocenters. The lowest BCUT2D eigenvalue weighted by molar-refractivity contribution is 0.477. The third-order valence-electron chi connectivity index (χ3n) is 4.64. The predicted molar refractivity (Wildman–Crippen MR) is 95.9 cm³/mol. The van der Waals surface area contributed by atoms with Gasteiger partial charge in [-0.25, -0.2) is 9.97 Å². The Balaban J connectivity index is 1.57. The Hall–Kier alpha value is -2.93. The molecule has 1 atom stereocenters. The molecule has 3 heterocycles. The Bertz CT molecular complexity index is 841. The van der Waals surface area contributed by atoms with Gasteiger partial charge in [0.15, 0.2) is 0 Å². The summed E-state index contributed by atoms with van der Waals surface area (Å²) in [6, 6.07) is 5.91. The zero-order chi connectivity index (χ0) is 17.2. The quantitative estimate of drug-likeness (QED) is 0.757. The number of imidazole rings is 1. The molecular weight excluding hydrogens is 316 g/mol. The highest BCUT2D eigenvalue weighted by molar-refractivity contribution is 5.68. The van der Waals surface area contributed by atoms with Crippen molar-refractivity contribution in [2.24, 2.45) is 0 Å². The number of nitrogens with zero attached hydrogens (tertiary/aromatic N) is 5. The minimum atomic E-state index is 0.168. The molecule has 25 heavy (non-hydrogen) atoms. The maximum absolute atomic E-state index is 10.4. The third-order valence-corrected chi connectivity index (χ3v) is 4.64. The number of benzene rings is 1. The van der Waals surface area contributed by atoms with E-state index >= 15 is 0 Å². The van der Waals surface area contributed by atoms with Crippen LogP contribution in [0.3, 0.4) is 0 Å². The molecule has 4 rings (SSSR count). The monoisotopic (exact) mass is 336 g/mol. The normalized spacial score (nSPS) is 16.9. The van der Waals surface area contributed by atoms with Crippen LogP contribution in [0.2, 0.25) is 0 Å². The van der Waals surface area contributed by atoms with Crippen molar-refractivity contribution in [1.29, 1.82) is 0 Å². The van der Waals surface area contributed by atoms with E-state index in [2.05, 4.69) is 25.2 Å². The molecule has 0 bridgehead atoms. The average Bonchev–Trinajstić information content (AvgIpc) is 3.35. The van der Waals surface area contributed by atoms with Gasteiger partial charge in [-0.1, -0.05) is 0 Å². The molecule has 1 fully saturated rings. The highest BCUT2D eigenvalue weighted by Crippen LogP contribution is 2.30. The molecule has 1 aliphatic rings. The maximum Gasteiger partial charge on any atom is 0.147 e. The minimum Gasteiger partial charge on any atom is -0.507 e. The number of hydrogen-bond donors (Lipinski definition) is 2. The first kappa shape index (κ1) is 15.6. The molecule has 0 radical (unpaired) electrons. The van der Waals surface area contributed by atoms with E-state index in [4.69, 9.17) is 0 Å². The molecule has 1 aliphatic heterocycles. The van der Waals surface area contributed by atoms with Crippen LogP contribution in [-0.2, 0) is 0 Å². The molecule has 2 N–H and O–H groups in total. The summed E-state index contributed by atoms with van der Waals surface area (Å²) in [6.45, 7) is 2.01. The van der Waals surface area contributed by atoms with Crippen molar-refractivity contribution in [3.63, 3.8) is 0 Å². The van der Waals surface area contributed by atoms with Crippen molar-refractivity contribution in [1.82, 2.24) is 24.8 Å². The minimum absolute atomic E-state index is 0.168. The molecule has 7 nitrogen and oxygen atoms in total. The van der Waals surface area contributed by atoms with E-state index in [9.17, 15) is 5.11 Å². The highest BCUT2D eigenvalue weighted by Gasteiger charge is 2.20. The van der Waals surface area contributed by atoms with E-state index in [0.717, 1.165) is 31.0 Å². The summed E-state index contributed by atoms with van der Waals surface area (Å²) in [7, 11) is 2.04. The second-order valence-electron chi connectivity index (χ2n) is 6.19. The Kier molecular flexibility index (Phi) is 4.07. The summed E-state index contributed by atoms with van der Waals surface area (Å²) in [5, 5.41) is 13.7. The van der Waals surface area contributed by atoms with E-state index in [-0.39, 0.29) is 5.75 Å². The molecule has 128 valence electrons. The molecule has 2 aromatic heterocycles. The van der Waals surface area contributed by atoms with Crippen LogP contribution in [0, 0.1) is 0 Å². The summed E-state index contributed by atoms with van der Waals surface area (Å²) in [4.78, 5) is 15.2. The van der Waals surface area contributed by atoms with Gasteiger partial charge in [-0.3, -0.25) is 4.98 Å². The van der Waals surface area contributed by atoms with Crippen LogP contribution in [-0.4, -0.2) is 50.8 Å². The van der Waals surface area contributed by atoms with Crippen molar-refractivity contribution < 1.29 is 5.11 Å². The van der Waals surface area contributed by atoms with Crippen molar-refractivity contribution >= 4 is 5.82 Å². The standard InChI is InChI=1S/C18H20N6O/c1-23(14-4-5-19-9-14)18-11-21-16(10-22-18)15-3-2-13(8-17(15)25)24-7-6-20-12-24/h2-3,6-8,10-12,14,19,25H,4-5,9H2,1H3/t14-/m0/s1. The SMILES string of the molecule is CN(c1cnc(-c2ccc(-n3ccnc3)cc2O)cn1)[C@H]1CCNC1. The van der Waals surface area contributed by atoms with E-state index in [0.29, 0.717) is 17.3 Å². The fraction of sp³-hybridized carbons (Fsp3) is 0.278. The predicted octanol–water partition coefficient (Wildman–Crippen LogP) is 1.83. The van der Waals surface area contributed by atoms with Crippen LogP contribution in [0.4, 0.5) is 5.82 Å². The molecule has 7 heteroatoms. The lowest BCUT2D eigenvalue weighted by Crippen LogP contribution is -2.33. The van der Waals surface area contributed by atoms with Gasteiger partial charge in [0.25, 0.3) is 0 Å². The van der Waals surface area contributed by atoms with Crippen LogP contribution >= 0.6 is 0 Å². The summed E-state index contributed by atoms with van der Waals surface area (Å²) >= 11 is 0. The molecule has 0 aliphatic carbocycles. The smallest absolute Gasteiger partial charge is 0.147 e. The molecule has 1 aromatic carbocycles. The van der Waals surface area contributed by atoms with E-state index in [1.54, 1.807) is 31.0 Å². The van der Waals surface area contributed by atoms with Gasteiger partial charge in [0, 0.05) is 43.7 Å². The molecule has 3 aromatic rings. The van der Waals surface area contributed by atoms with Gasteiger partial charge in [-0.05, 0) is 25.1 Å². The number of rotatable bonds is 4. The van der Waals surface area contributed by atoms with Gasteiger partial charge >= 0.3 is 0 Å². The van der Waals surface area contributed by atoms with Crippen LogP contribution < -0.4 is 10.2 Å². The van der Waals surface area contributed by atoms with Crippen LogP contribution in [0.1, 0.15) is 6.42 Å². The number of phenolic OH excluding ortho intramolecular Hbond substituents is 1. The summed E-state index contributed by atoms with van der Waals surface area (Å²) < 4.78 is 1.84. The number of aromatic hydroxyl groups is 1. The van der Waals surface area contributed by atoms with E-state index < -0.39 is 0 Å². The summed E-state index contributed by atoms with van der Waals surface area (Å²) in [6.07, 6.45) is 9.80. The second kappa shape index (κ2) is 6.52. The van der Waals surface area contributed by atoms with Gasteiger partial charge in [-0.15, -0.1) is 0 Å². The average molecular weight is 336 g/mol. The maximum atomic E-state index is 10.4. The highest BCUT2D eigenvalue weighted by atomic mass is 16.3.